The highest BCUT2D eigenvalue weighted by Crippen LogP contribution is 2.26. The van der Waals surface area contributed by atoms with E-state index in [4.69, 9.17) is 4.74 Å². The summed E-state index contributed by atoms with van der Waals surface area (Å²) in [6.07, 6.45) is 0.574. The lowest BCUT2D eigenvalue weighted by molar-refractivity contribution is 0.102. The molecule has 2 aromatic carbocycles. The van der Waals surface area contributed by atoms with Gasteiger partial charge in [0.05, 0.1) is 17.4 Å². The molecule has 24 heavy (non-hydrogen) atoms. The third-order valence-electron chi connectivity index (χ3n) is 3.95. The fourth-order valence-electron chi connectivity index (χ4n) is 2.83. The number of carbonyl (C=O) groups is 1. The van der Waals surface area contributed by atoms with Crippen LogP contribution in [0.5, 0.6) is 5.75 Å². The molecule has 2 aromatic rings. The standard InChI is InChI=1S/C19H21FN2O2/c1-12(2)24-17-6-4-3-5-15(17)19(23)22-16-8-7-13-11-21-10-9-14(13)18(16)20/h3-8,12,21H,9-11H2,1-2H3,(H,22,23). The van der Waals surface area contributed by atoms with Crippen molar-refractivity contribution in [3.8, 4) is 5.75 Å². The summed E-state index contributed by atoms with van der Waals surface area (Å²) in [6.45, 7) is 5.19. The van der Waals surface area contributed by atoms with Crippen molar-refractivity contribution < 1.29 is 13.9 Å². The summed E-state index contributed by atoms with van der Waals surface area (Å²) in [7, 11) is 0. The number of carbonyl (C=O) groups excluding carboxylic acids is 1. The molecule has 2 N–H and O–H groups in total. The van der Waals surface area contributed by atoms with E-state index in [-0.39, 0.29) is 23.5 Å². The molecule has 0 aromatic heterocycles. The zero-order valence-corrected chi connectivity index (χ0v) is 13.9. The minimum atomic E-state index is -0.376. The Morgan fingerprint density at radius 3 is 2.83 bits per heavy atom. The number of halogens is 1. The van der Waals surface area contributed by atoms with Crippen molar-refractivity contribution in [3.63, 3.8) is 0 Å². The van der Waals surface area contributed by atoms with Gasteiger partial charge in [0.2, 0.25) is 0 Å². The highest BCUT2D eigenvalue weighted by atomic mass is 19.1. The van der Waals surface area contributed by atoms with Crippen LogP contribution in [0.1, 0.15) is 35.3 Å². The van der Waals surface area contributed by atoms with E-state index in [9.17, 15) is 9.18 Å². The number of benzene rings is 2. The highest BCUT2D eigenvalue weighted by molar-refractivity contribution is 6.06. The fourth-order valence-corrected chi connectivity index (χ4v) is 2.83. The number of rotatable bonds is 4. The van der Waals surface area contributed by atoms with Crippen LogP contribution in [-0.2, 0) is 13.0 Å². The molecule has 1 aliphatic rings. The number of fused-ring (bicyclic) bond motifs is 1. The average molecular weight is 328 g/mol. The normalized spacial score (nSPS) is 13.5. The Labute approximate surface area is 141 Å². The van der Waals surface area contributed by atoms with Gasteiger partial charge in [0.25, 0.3) is 5.91 Å². The van der Waals surface area contributed by atoms with Gasteiger partial charge in [-0.1, -0.05) is 18.2 Å². The van der Waals surface area contributed by atoms with Crippen molar-refractivity contribution >= 4 is 11.6 Å². The molecule has 0 radical (unpaired) electrons. The van der Waals surface area contributed by atoms with Crippen molar-refractivity contribution in [3.05, 3.63) is 58.9 Å². The number of hydrogen-bond acceptors (Lipinski definition) is 3. The number of ether oxygens (including phenoxy) is 1. The molecular weight excluding hydrogens is 307 g/mol. The van der Waals surface area contributed by atoms with Gasteiger partial charge in [-0.15, -0.1) is 0 Å². The van der Waals surface area contributed by atoms with Gasteiger partial charge in [-0.05, 0) is 56.1 Å². The van der Waals surface area contributed by atoms with Crippen LogP contribution < -0.4 is 15.4 Å². The van der Waals surface area contributed by atoms with Crippen LogP contribution in [0.3, 0.4) is 0 Å². The molecule has 0 bridgehead atoms. The Bertz CT molecular complexity index is 759. The maximum Gasteiger partial charge on any atom is 0.259 e. The zero-order valence-electron chi connectivity index (χ0n) is 13.9. The molecule has 0 unspecified atom stereocenters. The van der Waals surface area contributed by atoms with Gasteiger partial charge in [0.15, 0.2) is 0 Å². The number of hydrogen-bond donors (Lipinski definition) is 2. The Kier molecular flexibility index (Phi) is 4.81. The van der Waals surface area contributed by atoms with Crippen LogP contribution in [0.25, 0.3) is 0 Å². The van der Waals surface area contributed by atoms with Crippen molar-refractivity contribution in [1.82, 2.24) is 5.32 Å². The highest BCUT2D eigenvalue weighted by Gasteiger charge is 2.19. The van der Waals surface area contributed by atoms with Crippen LogP contribution in [0.4, 0.5) is 10.1 Å². The van der Waals surface area contributed by atoms with Gasteiger partial charge >= 0.3 is 0 Å². The first-order valence-electron chi connectivity index (χ1n) is 8.14. The van der Waals surface area contributed by atoms with E-state index in [1.54, 1.807) is 30.3 Å². The van der Waals surface area contributed by atoms with E-state index in [0.29, 0.717) is 29.8 Å². The Morgan fingerprint density at radius 1 is 1.25 bits per heavy atom. The first kappa shape index (κ1) is 16.5. The molecule has 1 aliphatic heterocycles. The van der Waals surface area contributed by atoms with Gasteiger partial charge in [0, 0.05) is 6.54 Å². The van der Waals surface area contributed by atoms with Crippen LogP contribution in [-0.4, -0.2) is 18.6 Å². The summed E-state index contributed by atoms with van der Waals surface area (Å²) >= 11 is 0. The van der Waals surface area contributed by atoms with Crippen LogP contribution in [0.15, 0.2) is 36.4 Å². The zero-order chi connectivity index (χ0) is 17.1. The molecule has 126 valence electrons. The van der Waals surface area contributed by atoms with E-state index in [1.165, 1.54) is 0 Å². The van der Waals surface area contributed by atoms with Crippen molar-refractivity contribution in [1.29, 1.82) is 0 Å². The molecule has 4 nitrogen and oxygen atoms in total. The van der Waals surface area contributed by atoms with Crippen molar-refractivity contribution in [2.24, 2.45) is 0 Å². The summed E-state index contributed by atoms with van der Waals surface area (Å²) in [5.74, 6) is -0.226. The fraction of sp³-hybridized carbons (Fsp3) is 0.316. The second-order valence-electron chi connectivity index (χ2n) is 6.11. The van der Waals surface area contributed by atoms with Crippen LogP contribution in [0.2, 0.25) is 0 Å². The van der Waals surface area contributed by atoms with Gasteiger partial charge in [0.1, 0.15) is 11.6 Å². The average Bonchev–Trinajstić information content (AvgIpc) is 2.57. The molecule has 0 saturated heterocycles. The SMILES string of the molecule is CC(C)Oc1ccccc1C(=O)Nc1ccc2c(c1F)CCNC2. The number of amides is 1. The quantitative estimate of drug-likeness (QED) is 0.903. The van der Waals surface area contributed by atoms with Gasteiger partial charge in [-0.25, -0.2) is 4.39 Å². The second-order valence-corrected chi connectivity index (χ2v) is 6.11. The maximum absolute atomic E-state index is 14.7. The maximum atomic E-state index is 14.7. The first-order valence-corrected chi connectivity index (χ1v) is 8.14. The lowest BCUT2D eigenvalue weighted by atomic mass is 9.99. The minimum Gasteiger partial charge on any atom is -0.490 e. The second kappa shape index (κ2) is 7.01. The van der Waals surface area contributed by atoms with E-state index >= 15 is 0 Å². The summed E-state index contributed by atoms with van der Waals surface area (Å²) in [6, 6.07) is 10.5. The molecule has 3 rings (SSSR count). The Balaban J connectivity index is 1.86. The topological polar surface area (TPSA) is 50.4 Å². The molecule has 1 amide bonds. The predicted octanol–water partition coefficient (Wildman–Crippen LogP) is 3.51. The van der Waals surface area contributed by atoms with E-state index < -0.39 is 0 Å². The summed E-state index contributed by atoms with van der Waals surface area (Å²) in [4.78, 5) is 12.6. The van der Waals surface area contributed by atoms with E-state index in [2.05, 4.69) is 10.6 Å². The van der Waals surface area contributed by atoms with Crippen molar-refractivity contribution in [2.45, 2.75) is 32.9 Å². The van der Waals surface area contributed by atoms with Gasteiger partial charge in [-0.3, -0.25) is 4.79 Å². The molecule has 0 spiro atoms. The third-order valence-corrected chi connectivity index (χ3v) is 3.95. The molecular formula is C19H21FN2O2. The monoisotopic (exact) mass is 328 g/mol. The van der Waals surface area contributed by atoms with Crippen LogP contribution in [0, 0.1) is 5.82 Å². The predicted molar refractivity (Wildman–Crippen MR) is 92.0 cm³/mol. The molecule has 0 atom stereocenters. The van der Waals surface area contributed by atoms with E-state index in [1.807, 2.05) is 19.9 Å². The number of anilines is 1. The lowest BCUT2D eigenvalue weighted by Gasteiger charge is -2.20. The van der Waals surface area contributed by atoms with Crippen LogP contribution >= 0.6 is 0 Å². The number of para-hydroxylation sites is 1. The van der Waals surface area contributed by atoms with Gasteiger partial charge < -0.3 is 15.4 Å². The smallest absolute Gasteiger partial charge is 0.259 e. The summed E-state index contributed by atoms with van der Waals surface area (Å²) in [5.41, 5.74) is 2.23. The summed E-state index contributed by atoms with van der Waals surface area (Å²) in [5, 5.41) is 5.89. The number of nitrogens with one attached hydrogen (secondary N) is 2. The molecule has 0 aliphatic carbocycles. The molecule has 0 fully saturated rings. The Morgan fingerprint density at radius 2 is 2.04 bits per heavy atom. The molecule has 0 saturated carbocycles. The Hall–Kier alpha value is -2.40. The largest absolute Gasteiger partial charge is 0.490 e. The van der Waals surface area contributed by atoms with Crippen molar-refractivity contribution in [2.75, 3.05) is 11.9 Å². The lowest BCUT2D eigenvalue weighted by Crippen LogP contribution is -2.25. The van der Waals surface area contributed by atoms with Gasteiger partial charge in [-0.2, -0.15) is 0 Å². The van der Waals surface area contributed by atoms with E-state index in [0.717, 1.165) is 12.1 Å². The first-order chi connectivity index (χ1) is 11.6. The third kappa shape index (κ3) is 3.41. The summed E-state index contributed by atoms with van der Waals surface area (Å²) < 4.78 is 20.3. The minimum absolute atomic E-state index is 0.0491. The molecule has 1 heterocycles. The molecule has 5 heteroatoms.